The van der Waals surface area contributed by atoms with Crippen LogP contribution >= 0.6 is 15.9 Å². The first kappa shape index (κ1) is 12.0. The molecule has 3 N–H and O–H groups in total. The molecule has 1 aromatic carbocycles. The summed E-state index contributed by atoms with van der Waals surface area (Å²) in [5.41, 5.74) is 8.07. The molecule has 4 heteroatoms. The molecule has 0 fully saturated rings. The first-order chi connectivity index (χ1) is 6.91. The van der Waals surface area contributed by atoms with E-state index in [0.717, 1.165) is 10.0 Å². The Bertz CT molecular complexity index is 365. The lowest BCUT2D eigenvalue weighted by molar-refractivity contribution is -0.118. The minimum absolute atomic E-state index is 0.0212. The van der Waals surface area contributed by atoms with Crippen LogP contribution < -0.4 is 11.1 Å². The van der Waals surface area contributed by atoms with Gasteiger partial charge >= 0.3 is 0 Å². The first-order valence-corrected chi connectivity index (χ1v) is 5.57. The van der Waals surface area contributed by atoms with E-state index in [-0.39, 0.29) is 11.8 Å². The Balaban J connectivity index is 3.00. The highest BCUT2D eigenvalue weighted by atomic mass is 79.9. The van der Waals surface area contributed by atoms with Crippen molar-refractivity contribution in [2.75, 3.05) is 11.1 Å². The van der Waals surface area contributed by atoms with Crippen LogP contribution in [0.4, 0.5) is 11.4 Å². The summed E-state index contributed by atoms with van der Waals surface area (Å²) in [4.78, 5) is 11.5. The van der Waals surface area contributed by atoms with Crippen LogP contribution in [0.1, 0.15) is 19.4 Å². The Morgan fingerprint density at radius 1 is 1.47 bits per heavy atom. The van der Waals surface area contributed by atoms with Gasteiger partial charge in [-0.05, 0) is 24.6 Å². The third-order valence-electron chi connectivity index (χ3n) is 2.10. The highest BCUT2D eigenvalue weighted by Gasteiger charge is 2.11. The lowest BCUT2D eigenvalue weighted by Gasteiger charge is -2.13. The number of anilines is 2. The molecule has 1 rings (SSSR count). The second-order valence-corrected chi connectivity index (χ2v) is 4.75. The Kier molecular flexibility index (Phi) is 3.74. The van der Waals surface area contributed by atoms with E-state index in [2.05, 4.69) is 21.2 Å². The summed E-state index contributed by atoms with van der Waals surface area (Å²) < 4.78 is 0.917. The summed E-state index contributed by atoms with van der Waals surface area (Å²) in [6.45, 7) is 5.61. The number of benzene rings is 1. The van der Waals surface area contributed by atoms with Crippen molar-refractivity contribution in [3.05, 3.63) is 22.2 Å². The van der Waals surface area contributed by atoms with E-state index in [1.807, 2.05) is 26.8 Å². The topological polar surface area (TPSA) is 55.1 Å². The number of nitrogens with two attached hydrogens (primary N) is 1. The fraction of sp³-hybridized carbons (Fsp3) is 0.364. The van der Waals surface area contributed by atoms with E-state index < -0.39 is 0 Å². The van der Waals surface area contributed by atoms with Crippen LogP contribution in [0.25, 0.3) is 0 Å². The number of rotatable bonds is 2. The molecule has 0 aromatic heterocycles. The largest absolute Gasteiger partial charge is 0.397 e. The number of carbonyl (C=O) groups is 1. The fourth-order valence-corrected chi connectivity index (χ4v) is 1.80. The Labute approximate surface area is 98.2 Å². The van der Waals surface area contributed by atoms with Crippen LogP contribution in [0.5, 0.6) is 0 Å². The predicted octanol–water partition coefficient (Wildman–Crippen LogP) is 2.93. The minimum atomic E-state index is -0.0487. The lowest BCUT2D eigenvalue weighted by atomic mass is 10.1. The molecule has 0 aliphatic carbocycles. The summed E-state index contributed by atoms with van der Waals surface area (Å²) in [5, 5.41) is 2.82. The van der Waals surface area contributed by atoms with Crippen molar-refractivity contribution in [2.45, 2.75) is 20.8 Å². The van der Waals surface area contributed by atoms with Gasteiger partial charge in [-0.25, -0.2) is 0 Å². The van der Waals surface area contributed by atoms with Crippen LogP contribution in [0.3, 0.4) is 0 Å². The number of aryl methyl sites for hydroxylation is 1. The monoisotopic (exact) mass is 270 g/mol. The predicted molar refractivity (Wildman–Crippen MR) is 66.8 cm³/mol. The van der Waals surface area contributed by atoms with Gasteiger partial charge in [0.15, 0.2) is 0 Å². The zero-order valence-electron chi connectivity index (χ0n) is 9.10. The molecule has 82 valence electrons. The molecule has 1 amide bonds. The SMILES string of the molecule is Cc1cc(Br)cc(N)c1NC(=O)C(C)C. The quantitative estimate of drug-likeness (QED) is 0.812. The van der Waals surface area contributed by atoms with Gasteiger partial charge in [0.2, 0.25) is 5.91 Å². The molecule has 0 spiro atoms. The van der Waals surface area contributed by atoms with E-state index in [9.17, 15) is 4.79 Å². The van der Waals surface area contributed by atoms with Gasteiger partial charge in [0.1, 0.15) is 0 Å². The Hall–Kier alpha value is -1.03. The van der Waals surface area contributed by atoms with Gasteiger partial charge in [-0.2, -0.15) is 0 Å². The van der Waals surface area contributed by atoms with E-state index in [1.165, 1.54) is 0 Å². The standard InChI is InChI=1S/C11H15BrN2O/c1-6(2)11(15)14-10-7(3)4-8(12)5-9(10)13/h4-6H,13H2,1-3H3,(H,14,15). The van der Waals surface area contributed by atoms with Gasteiger partial charge < -0.3 is 11.1 Å². The maximum Gasteiger partial charge on any atom is 0.226 e. The molecule has 0 saturated heterocycles. The van der Waals surface area contributed by atoms with Crippen LogP contribution in [0.15, 0.2) is 16.6 Å². The molecular formula is C11H15BrN2O. The minimum Gasteiger partial charge on any atom is -0.397 e. The van der Waals surface area contributed by atoms with Crippen molar-refractivity contribution >= 4 is 33.2 Å². The summed E-state index contributed by atoms with van der Waals surface area (Å²) >= 11 is 3.35. The van der Waals surface area contributed by atoms with Gasteiger partial charge in [0.25, 0.3) is 0 Å². The number of hydrogen-bond donors (Lipinski definition) is 2. The summed E-state index contributed by atoms with van der Waals surface area (Å²) in [7, 11) is 0. The normalized spacial score (nSPS) is 10.5. The number of nitrogens with one attached hydrogen (secondary N) is 1. The van der Waals surface area contributed by atoms with Gasteiger partial charge in [-0.15, -0.1) is 0 Å². The summed E-state index contributed by atoms with van der Waals surface area (Å²) in [6.07, 6.45) is 0. The second kappa shape index (κ2) is 4.66. The van der Waals surface area contributed by atoms with Crippen molar-refractivity contribution in [3.63, 3.8) is 0 Å². The molecule has 15 heavy (non-hydrogen) atoms. The zero-order valence-corrected chi connectivity index (χ0v) is 10.7. The average molecular weight is 271 g/mol. The Morgan fingerprint density at radius 3 is 2.53 bits per heavy atom. The van der Waals surface area contributed by atoms with E-state index in [1.54, 1.807) is 6.07 Å². The van der Waals surface area contributed by atoms with Crippen molar-refractivity contribution < 1.29 is 4.79 Å². The number of nitrogen functional groups attached to an aromatic ring is 1. The molecule has 0 unspecified atom stereocenters. The highest BCUT2D eigenvalue weighted by molar-refractivity contribution is 9.10. The molecule has 0 bridgehead atoms. The maximum atomic E-state index is 11.5. The molecule has 0 saturated carbocycles. The van der Waals surface area contributed by atoms with Gasteiger partial charge in [0, 0.05) is 10.4 Å². The average Bonchev–Trinajstić information content (AvgIpc) is 2.10. The number of carbonyl (C=O) groups excluding carboxylic acids is 1. The summed E-state index contributed by atoms with van der Waals surface area (Å²) in [6, 6.07) is 3.70. The molecule has 0 heterocycles. The number of hydrogen-bond acceptors (Lipinski definition) is 2. The first-order valence-electron chi connectivity index (χ1n) is 4.78. The van der Waals surface area contributed by atoms with Crippen LogP contribution in [0, 0.1) is 12.8 Å². The highest BCUT2D eigenvalue weighted by Crippen LogP contribution is 2.28. The molecule has 1 aromatic rings. The molecule has 0 radical (unpaired) electrons. The third kappa shape index (κ3) is 2.96. The zero-order chi connectivity index (χ0) is 11.6. The van der Waals surface area contributed by atoms with Gasteiger partial charge in [-0.3, -0.25) is 4.79 Å². The Morgan fingerprint density at radius 2 is 2.07 bits per heavy atom. The smallest absolute Gasteiger partial charge is 0.226 e. The molecule has 0 atom stereocenters. The number of amides is 1. The van der Waals surface area contributed by atoms with Gasteiger partial charge in [-0.1, -0.05) is 29.8 Å². The van der Waals surface area contributed by atoms with E-state index >= 15 is 0 Å². The van der Waals surface area contributed by atoms with Crippen molar-refractivity contribution in [1.29, 1.82) is 0 Å². The van der Waals surface area contributed by atoms with Crippen LogP contribution in [-0.4, -0.2) is 5.91 Å². The fourth-order valence-electron chi connectivity index (χ4n) is 1.21. The number of halogens is 1. The van der Waals surface area contributed by atoms with Crippen molar-refractivity contribution in [2.24, 2.45) is 5.92 Å². The molecule has 3 nitrogen and oxygen atoms in total. The van der Waals surface area contributed by atoms with Gasteiger partial charge in [0.05, 0.1) is 11.4 Å². The maximum absolute atomic E-state index is 11.5. The molecular weight excluding hydrogens is 256 g/mol. The second-order valence-electron chi connectivity index (χ2n) is 3.83. The summed E-state index contributed by atoms with van der Waals surface area (Å²) in [5.74, 6) is -0.0698. The van der Waals surface area contributed by atoms with Crippen molar-refractivity contribution in [1.82, 2.24) is 0 Å². The third-order valence-corrected chi connectivity index (χ3v) is 2.56. The van der Waals surface area contributed by atoms with E-state index in [4.69, 9.17) is 5.73 Å². The van der Waals surface area contributed by atoms with Crippen LogP contribution in [-0.2, 0) is 4.79 Å². The van der Waals surface area contributed by atoms with E-state index in [0.29, 0.717) is 11.4 Å². The molecule has 0 aliphatic rings. The van der Waals surface area contributed by atoms with Crippen LogP contribution in [0.2, 0.25) is 0 Å². The molecule has 0 aliphatic heterocycles. The lowest BCUT2D eigenvalue weighted by Crippen LogP contribution is -2.19. The van der Waals surface area contributed by atoms with Crippen molar-refractivity contribution in [3.8, 4) is 0 Å².